The van der Waals surface area contributed by atoms with E-state index in [9.17, 15) is 9.18 Å². The zero-order valence-electron chi connectivity index (χ0n) is 14.9. The Morgan fingerprint density at radius 3 is 2.93 bits per heavy atom. The largest absolute Gasteiger partial charge is 0.339 e. The summed E-state index contributed by atoms with van der Waals surface area (Å²) < 4.78 is 19.2. The zero-order valence-corrected chi connectivity index (χ0v) is 15.7. The quantitative estimate of drug-likeness (QED) is 0.675. The number of carbonyl (C=O) groups excluding carboxylic acids is 1. The van der Waals surface area contributed by atoms with Crippen LogP contribution in [-0.4, -0.2) is 34.2 Å². The van der Waals surface area contributed by atoms with Gasteiger partial charge in [-0.1, -0.05) is 41.0 Å². The summed E-state index contributed by atoms with van der Waals surface area (Å²) in [4.78, 5) is 18.7. The average molecular weight is 401 g/mol. The molecule has 1 N–H and O–H groups in total. The number of piperidine rings is 1. The highest BCUT2D eigenvalue weighted by Crippen LogP contribution is 2.28. The monoisotopic (exact) mass is 400 g/mol. The summed E-state index contributed by atoms with van der Waals surface area (Å²) >= 11 is 6.02. The second kappa shape index (κ2) is 7.98. The predicted molar refractivity (Wildman–Crippen MR) is 104 cm³/mol. The van der Waals surface area contributed by atoms with Gasteiger partial charge in [0.05, 0.1) is 11.6 Å². The summed E-state index contributed by atoms with van der Waals surface area (Å²) in [7, 11) is 0. The van der Waals surface area contributed by atoms with E-state index in [4.69, 9.17) is 16.1 Å². The van der Waals surface area contributed by atoms with Crippen molar-refractivity contribution in [1.82, 2.24) is 15.0 Å². The second-order valence-electron chi connectivity index (χ2n) is 6.66. The van der Waals surface area contributed by atoms with E-state index in [0.29, 0.717) is 29.8 Å². The van der Waals surface area contributed by atoms with Crippen molar-refractivity contribution < 1.29 is 13.7 Å². The van der Waals surface area contributed by atoms with Crippen LogP contribution in [0.3, 0.4) is 0 Å². The standard InChI is InChI=1S/C20H18ClFN4O2/c21-15-7-3-5-13(11-15)18-24-19(28-25-18)14-6-4-10-26(12-14)20(27)23-17-9-2-1-8-16(17)22/h1-3,5,7-9,11,14H,4,6,10,12H2,(H,23,27)/t14-/m0/s1. The van der Waals surface area contributed by atoms with Gasteiger partial charge in [0.25, 0.3) is 0 Å². The van der Waals surface area contributed by atoms with E-state index >= 15 is 0 Å². The van der Waals surface area contributed by atoms with Gasteiger partial charge in [-0.05, 0) is 37.1 Å². The van der Waals surface area contributed by atoms with Gasteiger partial charge in [0, 0.05) is 23.7 Å². The number of urea groups is 1. The number of anilines is 1. The zero-order chi connectivity index (χ0) is 19.5. The van der Waals surface area contributed by atoms with Gasteiger partial charge in [0.2, 0.25) is 11.7 Å². The maximum absolute atomic E-state index is 13.8. The van der Waals surface area contributed by atoms with Crippen molar-refractivity contribution in [2.75, 3.05) is 18.4 Å². The minimum absolute atomic E-state index is 0.0689. The molecule has 1 atom stereocenters. The molecule has 1 saturated heterocycles. The number of halogens is 2. The molecule has 6 nitrogen and oxygen atoms in total. The van der Waals surface area contributed by atoms with Crippen LogP contribution in [0.2, 0.25) is 5.02 Å². The molecule has 0 unspecified atom stereocenters. The highest BCUT2D eigenvalue weighted by Gasteiger charge is 2.29. The van der Waals surface area contributed by atoms with E-state index in [0.717, 1.165) is 18.4 Å². The van der Waals surface area contributed by atoms with E-state index < -0.39 is 5.82 Å². The molecule has 0 radical (unpaired) electrons. The lowest BCUT2D eigenvalue weighted by atomic mass is 9.98. The Bertz CT molecular complexity index is 994. The molecule has 2 amide bonds. The highest BCUT2D eigenvalue weighted by atomic mass is 35.5. The molecule has 1 aliphatic rings. The molecule has 0 spiro atoms. The molecule has 0 aliphatic carbocycles. The van der Waals surface area contributed by atoms with Crippen molar-refractivity contribution >= 4 is 23.3 Å². The first-order valence-corrected chi connectivity index (χ1v) is 9.38. The second-order valence-corrected chi connectivity index (χ2v) is 7.10. The molecule has 144 valence electrons. The molecule has 4 rings (SSSR count). The topological polar surface area (TPSA) is 71.3 Å². The summed E-state index contributed by atoms with van der Waals surface area (Å²) in [5.41, 5.74) is 0.933. The molecule has 2 aromatic carbocycles. The lowest BCUT2D eigenvalue weighted by Gasteiger charge is -2.31. The first-order chi connectivity index (χ1) is 13.6. The Balaban J connectivity index is 1.45. The van der Waals surface area contributed by atoms with Crippen LogP contribution in [-0.2, 0) is 0 Å². The number of amides is 2. The van der Waals surface area contributed by atoms with Gasteiger partial charge in [-0.2, -0.15) is 4.98 Å². The fourth-order valence-corrected chi connectivity index (χ4v) is 3.46. The third-order valence-corrected chi connectivity index (χ3v) is 4.93. The maximum atomic E-state index is 13.8. The number of nitrogens with one attached hydrogen (secondary N) is 1. The van der Waals surface area contributed by atoms with Crippen LogP contribution in [0.4, 0.5) is 14.9 Å². The first-order valence-electron chi connectivity index (χ1n) is 9.00. The molecule has 28 heavy (non-hydrogen) atoms. The SMILES string of the molecule is O=C(Nc1ccccc1F)N1CCC[C@H](c2nc(-c3cccc(Cl)c3)no2)C1. The van der Waals surface area contributed by atoms with Crippen LogP contribution < -0.4 is 5.32 Å². The molecule has 3 aromatic rings. The molecule has 2 heterocycles. The minimum Gasteiger partial charge on any atom is -0.339 e. The van der Waals surface area contributed by atoms with Crippen molar-refractivity contribution in [3.05, 3.63) is 65.3 Å². The number of para-hydroxylation sites is 1. The van der Waals surface area contributed by atoms with Crippen molar-refractivity contribution in [2.45, 2.75) is 18.8 Å². The van der Waals surface area contributed by atoms with Crippen LogP contribution in [0.5, 0.6) is 0 Å². The Morgan fingerprint density at radius 2 is 2.11 bits per heavy atom. The van der Waals surface area contributed by atoms with E-state index in [1.165, 1.54) is 12.1 Å². The molecular weight excluding hydrogens is 383 g/mol. The van der Waals surface area contributed by atoms with Gasteiger partial charge < -0.3 is 14.7 Å². The van der Waals surface area contributed by atoms with Gasteiger partial charge in [0.15, 0.2) is 0 Å². The highest BCUT2D eigenvalue weighted by molar-refractivity contribution is 6.30. The summed E-state index contributed by atoms with van der Waals surface area (Å²) in [6, 6.07) is 13.0. The van der Waals surface area contributed by atoms with Crippen LogP contribution in [0.1, 0.15) is 24.7 Å². The molecule has 0 bridgehead atoms. The summed E-state index contributed by atoms with van der Waals surface area (Å²) in [5, 5.41) is 7.25. The van der Waals surface area contributed by atoms with Gasteiger partial charge in [-0.3, -0.25) is 0 Å². The van der Waals surface area contributed by atoms with Crippen molar-refractivity contribution in [3.63, 3.8) is 0 Å². The summed E-state index contributed by atoms with van der Waals surface area (Å²) in [5.74, 6) is 0.414. The molecule has 0 saturated carbocycles. The average Bonchev–Trinajstić information content (AvgIpc) is 3.20. The van der Waals surface area contributed by atoms with Crippen molar-refractivity contribution in [3.8, 4) is 11.4 Å². The number of benzene rings is 2. The predicted octanol–water partition coefficient (Wildman–Crippen LogP) is 4.94. The fraction of sp³-hybridized carbons (Fsp3) is 0.250. The van der Waals surface area contributed by atoms with Gasteiger partial charge in [0.1, 0.15) is 5.82 Å². The molecule has 1 aliphatic heterocycles. The number of hydrogen-bond acceptors (Lipinski definition) is 4. The third-order valence-electron chi connectivity index (χ3n) is 4.70. The molecule has 1 aromatic heterocycles. The lowest BCUT2D eigenvalue weighted by molar-refractivity contribution is 0.184. The van der Waals surface area contributed by atoms with Gasteiger partial charge in [-0.25, -0.2) is 9.18 Å². The minimum atomic E-state index is -0.465. The Kier molecular flexibility index (Phi) is 5.25. The van der Waals surface area contributed by atoms with E-state index in [1.807, 2.05) is 12.1 Å². The summed E-state index contributed by atoms with van der Waals surface area (Å²) in [6.07, 6.45) is 1.63. The molecule has 1 fully saturated rings. The van der Waals surface area contributed by atoms with E-state index in [2.05, 4.69) is 15.5 Å². The van der Waals surface area contributed by atoms with Crippen molar-refractivity contribution in [2.24, 2.45) is 0 Å². The van der Waals surface area contributed by atoms with Crippen LogP contribution in [0, 0.1) is 5.82 Å². The number of carbonyl (C=O) groups is 1. The number of aromatic nitrogens is 2. The Morgan fingerprint density at radius 1 is 1.25 bits per heavy atom. The third kappa shape index (κ3) is 3.99. The number of nitrogens with zero attached hydrogens (tertiary/aromatic N) is 3. The summed E-state index contributed by atoms with van der Waals surface area (Å²) in [6.45, 7) is 1.02. The maximum Gasteiger partial charge on any atom is 0.321 e. The van der Waals surface area contributed by atoms with Crippen molar-refractivity contribution in [1.29, 1.82) is 0 Å². The number of hydrogen-bond donors (Lipinski definition) is 1. The van der Waals surface area contributed by atoms with Gasteiger partial charge >= 0.3 is 6.03 Å². The normalized spacial score (nSPS) is 16.8. The van der Waals surface area contributed by atoms with Crippen LogP contribution in [0.15, 0.2) is 53.1 Å². The van der Waals surface area contributed by atoms with E-state index in [1.54, 1.807) is 29.2 Å². The number of rotatable bonds is 3. The molecular formula is C20H18ClFN4O2. The Hall–Kier alpha value is -2.93. The number of likely N-dealkylation sites (tertiary alicyclic amines) is 1. The smallest absolute Gasteiger partial charge is 0.321 e. The van der Waals surface area contributed by atoms with Crippen LogP contribution in [0.25, 0.3) is 11.4 Å². The Labute approximate surface area is 166 Å². The molecule has 8 heteroatoms. The van der Waals surface area contributed by atoms with Crippen LogP contribution >= 0.6 is 11.6 Å². The first kappa shape index (κ1) is 18.4. The van der Waals surface area contributed by atoms with Gasteiger partial charge in [-0.15, -0.1) is 0 Å². The fourth-order valence-electron chi connectivity index (χ4n) is 3.27. The van der Waals surface area contributed by atoms with E-state index in [-0.39, 0.29) is 17.6 Å². The lowest BCUT2D eigenvalue weighted by Crippen LogP contribution is -2.41.